The highest BCUT2D eigenvalue weighted by molar-refractivity contribution is 6.30. The lowest BCUT2D eigenvalue weighted by Gasteiger charge is -2.10. The maximum Gasteiger partial charge on any atom is 0.437 e. The Balaban J connectivity index is 1.79. The standard InChI is InChI=1S/C17H16ClN2O3/c18-14-8-4-7-13(9-14)10-15(19)16(21)20-17(22)23-11-12-5-2-1-3-6-12/h1-9,15H,10-11,19H2/t15-/m0/s1. The molecule has 2 aromatic carbocycles. The minimum Gasteiger partial charge on any atom is -0.443 e. The highest BCUT2D eigenvalue weighted by atomic mass is 35.5. The summed E-state index contributed by atoms with van der Waals surface area (Å²) in [6.45, 7) is 0.0555. The van der Waals surface area contributed by atoms with Crippen LogP contribution in [-0.2, 0) is 22.6 Å². The number of carbonyl (C=O) groups excluding carboxylic acids is 2. The number of benzene rings is 2. The van der Waals surface area contributed by atoms with Gasteiger partial charge in [0.15, 0.2) is 0 Å². The topological polar surface area (TPSA) is 83.5 Å². The van der Waals surface area contributed by atoms with Crippen LogP contribution in [0.5, 0.6) is 0 Å². The summed E-state index contributed by atoms with van der Waals surface area (Å²) in [6.07, 6.45) is -0.699. The lowest BCUT2D eigenvalue weighted by Crippen LogP contribution is -2.40. The molecular weight excluding hydrogens is 316 g/mol. The second-order valence-corrected chi connectivity index (χ2v) is 5.37. The Bertz CT molecular complexity index is 677. The van der Waals surface area contributed by atoms with Crippen LogP contribution in [0.4, 0.5) is 4.79 Å². The first-order valence-electron chi connectivity index (χ1n) is 7.01. The number of hydrogen-bond donors (Lipinski definition) is 1. The summed E-state index contributed by atoms with van der Waals surface area (Å²) in [5.41, 5.74) is 7.37. The minimum atomic E-state index is -0.944. The highest BCUT2D eigenvalue weighted by Gasteiger charge is 2.20. The number of carbonyl (C=O) groups is 2. The van der Waals surface area contributed by atoms with Crippen molar-refractivity contribution in [2.75, 3.05) is 0 Å². The van der Waals surface area contributed by atoms with Gasteiger partial charge in [-0.15, -0.1) is 5.32 Å². The van der Waals surface area contributed by atoms with E-state index in [4.69, 9.17) is 22.1 Å². The number of nitrogens with two attached hydrogens (primary N) is 1. The molecule has 2 aromatic rings. The number of rotatable bonds is 5. The predicted molar refractivity (Wildman–Crippen MR) is 86.9 cm³/mol. The molecule has 0 saturated carbocycles. The van der Waals surface area contributed by atoms with Crippen molar-refractivity contribution in [1.82, 2.24) is 5.32 Å². The van der Waals surface area contributed by atoms with E-state index in [-0.39, 0.29) is 13.0 Å². The Labute approximate surface area is 139 Å². The molecule has 1 atom stereocenters. The van der Waals surface area contributed by atoms with Crippen molar-refractivity contribution in [2.45, 2.75) is 19.1 Å². The van der Waals surface area contributed by atoms with Crippen molar-refractivity contribution in [3.05, 3.63) is 70.7 Å². The van der Waals surface area contributed by atoms with Crippen molar-refractivity contribution >= 4 is 23.6 Å². The normalized spacial score (nSPS) is 11.6. The van der Waals surface area contributed by atoms with E-state index < -0.39 is 18.0 Å². The van der Waals surface area contributed by atoms with Gasteiger partial charge >= 0.3 is 6.09 Å². The van der Waals surface area contributed by atoms with Gasteiger partial charge in [-0.1, -0.05) is 54.1 Å². The predicted octanol–water partition coefficient (Wildman–Crippen LogP) is 2.68. The zero-order chi connectivity index (χ0) is 16.7. The van der Waals surface area contributed by atoms with Crippen LogP contribution in [0, 0.1) is 0 Å². The second-order valence-electron chi connectivity index (χ2n) is 4.93. The van der Waals surface area contributed by atoms with Crippen LogP contribution in [-0.4, -0.2) is 18.0 Å². The lowest BCUT2D eigenvalue weighted by molar-refractivity contribution is -0.122. The van der Waals surface area contributed by atoms with Crippen molar-refractivity contribution in [3.8, 4) is 0 Å². The van der Waals surface area contributed by atoms with Gasteiger partial charge in [-0.25, -0.2) is 4.79 Å². The molecule has 0 fully saturated rings. The molecule has 0 heterocycles. The molecule has 23 heavy (non-hydrogen) atoms. The number of halogens is 1. The average Bonchev–Trinajstić information content (AvgIpc) is 2.54. The van der Waals surface area contributed by atoms with Gasteiger partial charge in [0.1, 0.15) is 6.61 Å². The molecular formula is C17H16ClN2O3. The van der Waals surface area contributed by atoms with Crippen molar-refractivity contribution < 1.29 is 14.3 Å². The van der Waals surface area contributed by atoms with Gasteiger partial charge in [-0.3, -0.25) is 4.79 Å². The summed E-state index contributed by atoms with van der Waals surface area (Å²) in [6, 6.07) is 15.2. The van der Waals surface area contributed by atoms with E-state index >= 15 is 0 Å². The third kappa shape index (κ3) is 5.73. The Morgan fingerprint density at radius 2 is 1.78 bits per heavy atom. The molecule has 6 heteroatoms. The number of nitrogens with zero attached hydrogens (tertiary/aromatic N) is 1. The summed E-state index contributed by atoms with van der Waals surface area (Å²) in [4.78, 5) is 23.4. The van der Waals surface area contributed by atoms with E-state index in [0.717, 1.165) is 11.1 Å². The molecule has 0 spiro atoms. The van der Waals surface area contributed by atoms with Gasteiger partial charge in [0.2, 0.25) is 0 Å². The van der Waals surface area contributed by atoms with Crippen LogP contribution in [0.1, 0.15) is 11.1 Å². The fourth-order valence-corrected chi connectivity index (χ4v) is 2.14. The van der Waals surface area contributed by atoms with Gasteiger partial charge in [-0.2, -0.15) is 0 Å². The molecule has 0 aromatic heterocycles. The van der Waals surface area contributed by atoms with E-state index in [9.17, 15) is 9.59 Å². The molecule has 2 N–H and O–H groups in total. The SMILES string of the molecule is N[C@@H](Cc1cccc(Cl)c1)C(=O)[N]C(=O)OCc1ccccc1. The van der Waals surface area contributed by atoms with E-state index in [0.29, 0.717) is 5.02 Å². The second kappa shape index (κ2) is 8.31. The maximum atomic E-state index is 11.8. The first-order chi connectivity index (χ1) is 11.0. The molecule has 2 amide bonds. The summed E-state index contributed by atoms with van der Waals surface area (Å²) in [5.74, 6) is -0.719. The zero-order valence-corrected chi connectivity index (χ0v) is 13.1. The largest absolute Gasteiger partial charge is 0.443 e. The Hall–Kier alpha value is -2.37. The van der Waals surface area contributed by atoms with Crippen LogP contribution >= 0.6 is 11.6 Å². The van der Waals surface area contributed by atoms with Crippen LogP contribution in [0.15, 0.2) is 54.6 Å². The molecule has 0 bridgehead atoms. The molecule has 119 valence electrons. The molecule has 2 rings (SSSR count). The van der Waals surface area contributed by atoms with Gasteiger partial charge in [-0.05, 0) is 29.7 Å². The van der Waals surface area contributed by atoms with Crippen LogP contribution < -0.4 is 11.1 Å². The number of ether oxygens (including phenoxy) is 1. The van der Waals surface area contributed by atoms with Crippen molar-refractivity contribution in [3.63, 3.8) is 0 Å². The van der Waals surface area contributed by atoms with E-state index in [2.05, 4.69) is 5.32 Å². The molecule has 1 radical (unpaired) electrons. The molecule has 5 nitrogen and oxygen atoms in total. The van der Waals surface area contributed by atoms with Crippen LogP contribution in [0.2, 0.25) is 5.02 Å². The zero-order valence-electron chi connectivity index (χ0n) is 12.3. The van der Waals surface area contributed by atoms with Crippen molar-refractivity contribution in [2.24, 2.45) is 5.73 Å². The van der Waals surface area contributed by atoms with Gasteiger partial charge < -0.3 is 10.5 Å². The fourth-order valence-electron chi connectivity index (χ4n) is 1.93. The van der Waals surface area contributed by atoms with Crippen LogP contribution in [0.3, 0.4) is 0 Å². The summed E-state index contributed by atoms with van der Waals surface area (Å²) >= 11 is 5.87. The summed E-state index contributed by atoms with van der Waals surface area (Å²) in [7, 11) is 0. The molecule has 0 aliphatic rings. The third-order valence-electron chi connectivity index (χ3n) is 3.07. The minimum absolute atomic E-state index is 0.0555. The van der Waals surface area contributed by atoms with E-state index in [1.54, 1.807) is 36.4 Å². The van der Waals surface area contributed by atoms with Gasteiger partial charge in [0.05, 0.1) is 6.04 Å². The molecule has 0 aliphatic heterocycles. The third-order valence-corrected chi connectivity index (χ3v) is 3.30. The molecule has 0 aliphatic carbocycles. The summed E-state index contributed by atoms with van der Waals surface area (Å²) in [5, 5.41) is 3.91. The van der Waals surface area contributed by atoms with E-state index in [1.807, 2.05) is 18.2 Å². The Morgan fingerprint density at radius 3 is 2.48 bits per heavy atom. The fraction of sp³-hybridized carbons (Fsp3) is 0.176. The first kappa shape index (κ1) is 17.0. The highest BCUT2D eigenvalue weighted by Crippen LogP contribution is 2.12. The number of hydrogen-bond acceptors (Lipinski definition) is 4. The quantitative estimate of drug-likeness (QED) is 0.913. The average molecular weight is 332 g/mol. The monoisotopic (exact) mass is 331 g/mol. The smallest absolute Gasteiger partial charge is 0.437 e. The van der Waals surface area contributed by atoms with E-state index in [1.165, 1.54) is 0 Å². The number of amides is 2. The maximum absolute atomic E-state index is 11.8. The first-order valence-corrected chi connectivity index (χ1v) is 7.38. The molecule has 0 unspecified atom stereocenters. The van der Waals surface area contributed by atoms with Gasteiger partial charge in [0.25, 0.3) is 5.91 Å². The van der Waals surface area contributed by atoms with Crippen molar-refractivity contribution in [1.29, 1.82) is 0 Å². The van der Waals surface area contributed by atoms with Crippen LogP contribution in [0.25, 0.3) is 0 Å². The Kier molecular flexibility index (Phi) is 6.14. The lowest BCUT2D eigenvalue weighted by atomic mass is 10.1. The summed E-state index contributed by atoms with van der Waals surface area (Å²) < 4.78 is 4.92. The molecule has 0 saturated heterocycles. The Morgan fingerprint density at radius 1 is 1.09 bits per heavy atom. The van der Waals surface area contributed by atoms with Gasteiger partial charge in [0, 0.05) is 5.02 Å². The number of imide groups is 1.